The average molecular weight is 333 g/mol. The predicted molar refractivity (Wildman–Crippen MR) is 89.3 cm³/mol. The van der Waals surface area contributed by atoms with E-state index in [-0.39, 0.29) is 17.5 Å². The van der Waals surface area contributed by atoms with Crippen molar-refractivity contribution in [3.8, 4) is 0 Å². The summed E-state index contributed by atoms with van der Waals surface area (Å²) >= 11 is 0. The zero-order valence-corrected chi connectivity index (χ0v) is 14.4. The number of nitrogens with zero attached hydrogens (tertiary/aromatic N) is 2. The van der Waals surface area contributed by atoms with E-state index < -0.39 is 0 Å². The van der Waals surface area contributed by atoms with Crippen LogP contribution >= 0.6 is 0 Å². The van der Waals surface area contributed by atoms with E-state index >= 15 is 0 Å². The first-order valence-corrected chi connectivity index (χ1v) is 9.20. The van der Waals surface area contributed by atoms with Crippen molar-refractivity contribution in [2.24, 2.45) is 5.92 Å². The van der Waals surface area contributed by atoms with Gasteiger partial charge in [0.2, 0.25) is 5.91 Å². The molecule has 1 heterocycles. The summed E-state index contributed by atoms with van der Waals surface area (Å²) in [6.45, 7) is 2.83. The lowest BCUT2D eigenvalue weighted by atomic mass is 10.0. The summed E-state index contributed by atoms with van der Waals surface area (Å²) in [6, 6.07) is 1.98. The van der Waals surface area contributed by atoms with Crippen molar-refractivity contribution in [2.75, 3.05) is 6.54 Å². The highest BCUT2D eigenvalue weighted by molar-refractivity contribution is 5.92. The molecule has 1 aromatic heterocycles. The maximum absolute atomic E-state index is 12.6. The third-order valence-electron chi connectivity index (χ3n) is 5.00. The molecule has 0 unspecified atom stereocenters. The monoisotopic (exact) mass is 333 g/mol. The molecule has 0 radical (unpaired) electrons. The van der Waals surface area contributed by atoms with Gasteiger partial charge >= 0.3 is 0 Å². The Morgan fingerprint density at radius 2 is 2.04 bits per heavy atom. The van der Waals surface area contributed by atoms with E-state index in [2.05, 4.69) is 10.5 Å². The fourth-order valence-electron chi connectivity index (χ4n) is 3.49. The zero-order valence-electron chi connectivity index (χ0n) is 14.4. The van der Waals surface area contributed by atoms with Gasteiger partial charge in [-0.1, -0.05) is 30.8 Å². The molecule has 2 aliphatic rings. The Kier molecular flexibility index (Phi) is 5.53. The van der Waals surface area contributed by atoms with Crippen LogP contribution in [0.4, 0.5) is 0 Å². The largest absolute Gasteiger partial charge is 0.359 e. The number of carbonyl (C=O) groups excluding carboxylic acids is 2. The van der Waals surface area contributed by atoms with Crippen LogP contribution in [-0.2, 0) is 11.3 Å². The van der Waals surface area contributed by atoms with Crippen molar-refractivity contribution in [2.45, 2.75) is 70.9 Å². The molecular weight excluding hydrogens is 306 g/mol. The molecule has 3 rings (SSSR count). The van der Waals surface area contributed by atoms with Crippen LogP contribution in [0.15, 0.2) is 10.6 Å². The van der Waals surface area contributed by atoms with Gasteiger partial charge in [-0.2, -0.15) is 0 Å². The minimum atomic E-state index is -0.238. The molecule has 1 aromatic rings. The molecular formula is C18H27N3O3. The molecule has 0 spiro atoms. The topological polar surface area (TPSA) is 75.4 Å². The fraction of sp³-hybridized carbons (Fsp3) is 0.722. The molecule has 0 bridgehead atoms. The van der Waals surface area contributed by atoms with Crippen molar-refractivity contribution in [1.82, 2.24) is 15.4 Å². The van der Waals surface area contributed by atoms with Crippen molar-refractivity contribution in [3.05, 3.63) is 17.5 Å². The first kappa shape index (κ1) is 17.0. The molecule has 2 aliphatic carbocycles. The maximum Gasteiger partial charge on any atom is 0.273 e. The van der Waals surface area contributed by atoms with Crippen molar-refractivity contribution >= 4 is 11.8 Å². The zero-order chi connectivity index (χ0) is 16.9. The fourth-order valence-corrected chi connectivity index (χ4v) is 3.49. The first-order valence-electron chi connectivity index (χ1n) is 9.20. The number of rotatable bonds is 8. The van der Waals surface area contributed by atoms with Gasteiger partial charge in [-0.3, -0.25) is 9.59 Å². The second-order valence-electron chi connectivity index (χ2n) is 6.98. The van der Waals surface area contributed by atoms with Crippen LogP contribution in [0.2, 0.25) is 0 Å². The van der Waals surface area contributed by atoms with Crippen LogP contribution in [0.5, 0.6) is 0 Å². The van der Waals surface area contributed by atoms with E-state index in [9.17, 15) is 9.59 Å². The summed E-state index contributed by atoms with van der Waals surface area (Å²) in [5.41, 5.74) is 0.279. The molecule has 0 atom stereocenters. The Balaban J connectivity index is 1.55. The van der Waals surface area contributed by atoms with Crippen molar-refractivity contribution in [1.29, 1.82) is 0 Å². The number of carbonyl (C=O) groups is 2. The van der Waals surface area contributed by atoms with Gasteiger partial charge in [0.15, 0.2) is 11.5 Å². The Bertz CT molecular complexity index is 574. The highest BCUT2D eigenvalue weighted by atomic mass is 16.5. The quantitative estimate of drug-likeness (QED) is 0.794. The van der Waals surface area contributed by atoms with Gasteiger partial charge in [0.05, 0.1) is 6.54 Å². The summed E-state index contributed by atoms with van der Waals surface area (Å²) in [6.07, 6.45) is 8.92. The molecule has 132 valence electrons. The lowest BCUT2D eigenvalue weighted by Crippen LogP contribution is -2.32. The van der Waals surface area contributed by atoms with Gasteiger partial charge in [0.1, 0.15) is 0 Å². The highest BCUT2D eigenvalue weighted by Gasteiger charge is 2.33. The molecule has 24 heavy (non-hydrogen) atoms. The average Bonchev–Trinajstić information content (AvgIpc) is 3.09. The third kappa shape index (κ3) is 4.36. The summed E-state index contributed by atoms with van der Waals surface area (Å²) in [5.74, 6) is 1.28. The van der Waals surface area contributed by atoms with E-state index in [1.165, 1.54) is 25.7 Å². The van der Waals surface area contributed by atoms with Crippen molar-refractivity contribution in [3.63, 3.8) is 0 Å². The number of aromatic nitrogens is 1. The standard InChI is InChI=1S/C18H27N3O3/c1-2-19-18(23)16-11-15(24-20-16)12-21(14-8-9-14)17(22)10-7-13-5-3-4-6-13/h11,13-14H,2-10,12H2,1H3,(H,19,23). The minimum absolute atomic E-state index is 0.209. The van der Waals surface area contributed by atoms with Crippen LogP contribution in [0.25, 0.3) is 0 Å². The number of nitrogens with one attached hydrogen (secondary N) is 1. The molecule has 6 heteroatoms. The highest BCUT2D eigenvalue weighted by Crippen LogP contribution is 2.32. The summed E-state index contributed by atoms with van der Waals surface area (Å²) in [7, 11) is 0. The molecule has 0 aliphatic heterocycles. The van der Waals surface area contributed by atoms with Gasteiger partial charge < -0.3 is 14.7 Å². The van der Waals surface area contributed by atoms with Crippen LogP contribution < -0.4 is 5.32 Å². The summed E-state index contributed by atoms with van der Waals surface area (Å²) < 4.78 is 5.26. The second kappa shape index (κ2) is 7.81. The molecule has 2 saturated carbocycles. The van der Waals surface area contributed by atoms with E-state index in [0.717, 1.165) is 25.2 Å². The number of hydrogen-bond donors (Lipinski definition) is 1. The number of hydrogen-bond acceptors (Lipinski definition) is 4. The van der Waals surface area contributed by atoms with E-state index in [0.29, 0.717) is 31.3 Å². The van der Waals surface area contributed by atoms with Gasteiger partial charge in [-0.05, 0) is 32.1 Å². The Morgan fingerprint density at radius 3 is 2.71 bits per heavy atom. The molecule has 1 N–H and O–H groups in total. The first-order chi connectivity index (χ1) is 11.7. The number of amides is 2. The third-order valence-corrected chi connectivity index (χ3v) is 5.00. The van der Waals surface area contributed by atoms with Gasteiger partial charge in [0.25, 0.3) is 5.91 Å². The normalized spacial score (nSPS) is 17.9. The van der Waals surface area contributed by atoms with Gasteiger partial charge in [-0.15, -0.1) is 0 Å². The maximum atomic E-state index is 12.6. The van der Waals surface area contributed by atoms with Crippen LogP contribution in [0.3, 0.4) is 0 Å². The smallest absolute Gasteiger partial charge is 0.273 e. The second-order valence-corrected chi connectivity index (χ2v) is 6.98. The van der Waals surface area contributed by atoms with Crippen molar-refractivity contribution < 1.29 is 14.1 Å². The molecule has 2 amide bonds. The Hall–Kier alpha value is -1.85. The molecule has 0 saturated heterocycles. The van der Waals surface area contributed by atoms with Gasteiger partial charge in [-0.25, -0.2) is 0 Å². The SMILES string of the molecule is CCNC(=O)c1cc(CN(C(=O)CCC2CCCC2)C2CC2)on1. The molecule has 6 nitrogen and oxygen atoms in total. The summed E-state index contributed by atoms with van der Waals surface area (Å²) in [5, 5.41) is 6.51. The minimum Gasteiger partial charge on any atom is -0.359 e. The van der Waals surface area contributed by atoms with Crippen LogP contribution in [0, 0.1) is 5.92 Å². The van der Waals surface area contributed by atoms with E-state index in [4.69, 9.17) is 4.52 Å². The van der Waals surface area contributed by atoms with Gasteiger partial charge in [0, 0.05) is 25.1 Å². The molecule has 2 fully saturated rings. The van der Waals surface area contributed by atoms with Crippen LogP contribution in [-0.4, -0.2) is 34.5 Å². The molecule has 0 aromatic carbocycles. The van der Waals surface area contributed by atoms with E-state index in [1.807, 2.05) is 11.8 Å². The summed E-state index contributed by atoms with van der Waals surface area (Å²) in [4.78, 5) is 26.3. The Labute approximate surface area is 142 Å². The lowest BCUT2D eigenvalue weighted by Gasteiger charge is -2.21. The Morgan fingerprint density at radius 1 is 1.29 bits per heavy atom. The van der Waals surface area contributed by atoms with Crippen LogP contribution in [0.1, 0.15) is 74.5 Å². The predicted octanol–water partition coefficient (Wildman–Crippen LogP) is 2.89. The van der Waals surface area contributed by atoms with E-state index in [1.54, 1.807) is 6.07 Å². The lowest BCUT2D eigenvalue weighted by molar-refractivity contribution is -0.133.